The number of piperidine rings is 1. The van der Waals surface area contributed by atoms with E-state index in [0.717, 1.165) is 36.0 Å². The summed E-state index contributed by atoms with van der Waals surface area (Å²) in [6.07, 6.45) is 1.60. The minimum absolute atomic E-state index is 0.0383. The van der Waals surface area contributed by atoms with Gasteiger partial charge in [0.1, 0.15) is 5.60 Å². The number of likely N-dealkylation sites (tertiary alicyclic amines) is 1. The molecule has 3 rings (SSSR count). The third kappa shape index (κ3) is 5.25. The molecule has 2 aromatic rings. The summed E-state index contributed by atoms with van der Waals surface area (Å²) >= 11 is 0. The third-order valence-corrected chi connectivity index (χ3v) is 5.12. The minimum atomic E-state index is -0.514. The molecule has 1 fully saturated rings. The molecule has 1 aromatic heterocycles. The number of aryl methyl sites for hydroxylation is 1. The second kappa shape index (κ2) is 8.39. The number of para-hydroxylation sites is 1. The molecule has 1 aliphatic rings. The number of nitrogens with zero attached hydrogens (tertiary/aromatic N) is 3. The summed E-state index contributed by atoms with van der Waals surface area (Å²) in [5.41, 5.74) is 1.87. The highest BCUT2D eigenvalue weighted by molar-refractivity contribution is 6.06. The molecule has 0 aliphatic carbocycles. The Hall–Kier alpha value is -2.63. The molecule has 0 spiro atoms. The topological polar surface area (TPSA) is 62.7 Å². The van der Waals surface area contributed by atoms with Crippen LogP contribution in [0.5, 0.6) is 0 Å². The van der Waals surface area contributed by atoms with Crippen molar-refractivity contribution in [2.75, 3.05) is 26.7 Å². The van der Waals surface area contributed by atoms with Crippen molar-refractivity contribution in [2.24, 2.45) is 5.92 Å². The monoisotopic (exact) mass is 397 g/mol. The van der Waals surface area contributed by atoms with Crippen molar-refractivity contribution in [3.05, 3.63) is 41.6 Å². The van der Waals surface area contributed by atoms with Crippen molar-refractivity contribution in [3.8, 4) is 0 Å². The van der Waals surface area contributed by atoms with Gasteiger partial charge in [-0.05, 0) is 58.6 Å². The third-order valence-electron chi connectivity index (χ3n) is 5.12. The van der Waals surface area contributed by atoms with Crippen molar-refractivity contribution in [1.29, 1.82) is 0 Å². The average molecular weight is 398 g/mol. The SMILES string of the molecule is Cc1cc(C(=O)N2CCCC(CN(C)C(=O)OC(C)(C)C)C2)c2ccccc2n1. The first-order chi connectivity index (χ1) is 13.6. The Bertz CT molecular complexity index is 904. The van der Waals surface area contributed by atoms with Crippen LogP contribution in [-0.2, 0) is 4.74 Å². The van der Waals surface area contributed by atoms with Crippen molar-refractivity contribution in [1.82, 2.24) is 14.8 Å². The normalized spacial score (nSPS) is 17.3. The number of hydrogen-bond acceptors (Lipinski definition) is 4. The smallest absolute Gasteiger partial charge is 0.410 e. The van der Waals surface area contributed by atoms with Crippen LogP contribution in [0.2, 0.25) is 0 Å². The zero-order valence-electron chi connectivity index (χ0n) is 18.1. The summed E-state index contributed by atoms with van der Waals surface area (Å²) < 4.78 is 5.45. The fraction of sp³-hybridized carbons (Fsp3) is 0.522. The van der Waals surface area contributed by atoms with Crippen molar-refractivity contribution < 1.29 is 14.3 Å². The summed E-state index contributed by atoms with van der Waals surface area (Å²) in [5.74, 6) is 0.274. The van der Waals surface area contributed by atoms with Crippen LogP contribution < -0.4 is 0 Å². The van der Waals surface area contributed by atoms with Crippen LogP contribution >= 0.6 is 0 Å². The molecule has 1 aliphatic heterocycles. The van der Waals surface area contributed by atoms with Gasteiger partial charge >= 0.3 is 6.09 Å². The van der Waals surface area contributed by atoms with Gasteiger partial charge in [-0.1, -0.05) is 18.2 Å². The number of benzene rings is 1. The van der Waals surface area contributed by atoms with E-state index in [-0.39, 0.29) is 17.9 Å². The Morgan fingerprint density at radius 1 is 1.28 bits per heavy atom. The molecule has 0 bridgehead atoms. The Morgan fingerprint density at radius 3 is 2.72 bits per heavy atom. The zero-order valence-corrected chi connectivity index (χ0v) is 18.1. The van der Waals surface area contributed by atoms with Crippen LogP contribution in [0, 0.1) is 12.8 Å². The number of rotatable bonds is 3. The lowest BCUT2D eigenvalue weighted by molar-refractivity contribution is 0.0244. The van der Waals surface area contributed by atoms with E-state index < -0.39 is 5.60 Å². The van der Waals surface area contributed by atoms with E-state index in [1.54, 1.807) is 11.9 Å². The van der Waals surface area contributed by atoms with E-state index in [4.69, 9.17) is 4.74 Å². The average Bonchev–Trinajstić information content (AvgIpc) is 2.65. The number of pyridine rings is 1. The Balaban J connectivity index is 1.71. The second-order valence-corrected chi connectivity index (χ2v) is 8.95. The molecule has 0 radical (unpaired) electrons. The Morgan fingerprint density at radius 2 is 2.00 bits per heavy atom. The maximum Gasteiger partial charge on any atom is 0.410 e. The Kier molecular flexibility index (Phi) is 6.10. The fourth-order valence-electron chi connectivity index (χ4n) is 3.86. The van der Waals surface area contributed by atoms with Crippen LogP contribution in [0.1, 0.15) is 49.7 Å². The van der Waals surface area contributed by atoms with Gasteiger partial charge in [-0.2, -0.15) is 0 Å². The van der Waals surface area contributed by atoms with Gasteiger partial charge in [0.2, 0.25) is 0 Å². The molecule has 6 heteroatoms. The van der Waals surface area contributed by atoms with Crippen LogP contribution in [-0.4, -0.2) is 59.1 Å². The maximum absolute atomic E-state index is 13.3. The summed E-state index contributed by atoms with van der Waals surface area (Å²) in [6.45, 7) is 9.46. The van der Waals surface area contributed by atoms with E-state index in [1.165, 1.54) is 0 Å². The minimum Gasteiger partial charge on any atom is -0.444 e. The van der Waals surface area contributed by atoms with E-state index in [0.29, 0.717) is 18.7 Å². The molecule has 1 atom stereocenters. The molecule has 0 saturated carbocycles. The van der Waals surface area contributed by atoms with E-state index >= 15 is 0 Å². The second-order valence-electron chi connectivity index (χ2n) is 8.95. The van der Waals surface area contributed by atoms with Gasteiger partial charge < -0.3 is 14.5 Å². The van der Waals surface area contributed by atoms with Crippen LogP contribution in [0.15, 0.2) is 30.3 Å². The molecule has 29 heavy (non-hydrogen) atoms. The summed E-state index contributed by atoms with van der Waals surface area (Å²) in [7, 11) is 1.76. The molecule has 2 amide bonds. The van der Waals surface area contributed by atoms with E-state index in [1.807, 2.05) is 62.9 Å². The fourth-order valence-corrected chi connectivity index (χ4v) is 3.86. The van der Waals surface area contributed by atoms with E-state index in [2.05, 4.69) is 4.98 Å². The van der Waals surface area contributed by atoms with Gasteiger partial charge in [-0.25, -0.2) is 4.79 Å². The molecular formula is C23H31N3O3. The van der Waals surface area contributed by atoms with Gasteiger partial charge in [-0.15, -0.1) is 0 Å². The molecular weight excluding hydrogens is 366 g/mol. The highest BCUT2D eigenvalue weighted by atomic mass is 16.6. The van der Waals surface area contributed by atoms with Crippen LogP contribution in [0.3, 0.4) is 0 Å². The maximum atomic E-state index is 13.3. The first-order valence-electron chi connectivity index (χ1n) is 10.2. The highest BCUT2D eigenvalue weighted by Gasteiger charge is 2.28. The summed E-state index contributed by atoms with van der Waals surface area (Å²) in [4.78, 5) is 33.7. The van der Waals surface area contributed by atoms with Gasteiger partial charge in [0.05, 0.1) is 11.1 Å². The molecule has 0 N–H and O–H groups in total. The number of carbonyl (C=O) groups excluding carboxylic acids is 2. The number of carbonyl (C=O) groups is 2. The number of aromatic nitrogens is 1. The lowest BCUT2D eigenvalue weighted by atomic mass is 9.96. The van der Waals surface area contributed by atoms with Crippen molar-refractivity contribution in [3.63, 3.8) is 0 Å². The predicted molar refractivity (Wildman–Crippen MR) is 114 cm³/mol. The summed E-state index contributed by atoms with van der Waals surface area (Å²) in [5, 5.41) is 0.885. The zero-order chi connectivity index (χ0) is 21.2. The van der Waals surface area contributed by atoms with Crippen molar-refractivity contribution in [2.45, 2.75) is 46.1 Å². The largest absolute Gasteiger partial charge is 0.444 e. The van der Waals surface area contributed by atoms with E-state index in [9.17, 15) is 9.59 Å². The quantitative estimate of drug-likeness (QED) is 0.776. The van der Waals surface area contributed by atoms with Gasteiger partial charge in [-0.3, -0.25) is 9.78 Å². The molecule has 1 saturated heterocycles. The molecule has 156 valence electrons. The van der Waals surface area contributed by atoms with Gasteiger partial charge in [0.25, 0.3) is 5.91 Å². The first-order valence-corrected chi connectivity index (χ1v) is 10.2. The summed E-state index contributed by atoms with van der Waals surface area (Å²) in [6, 6.07) is 9.64. The number of fused-ring (bicyclic) bond motifs is 1. The lowest BCUT2D eigenvalue weighted by Gasteiger charge is -2.35. The first kappa shape index (κ1) is 21.1. The molecule has 6 nitrogen and oxygen atoms in total. The Labute approximate surface area is 172 Å². The molecule has 2 heterocycles. The van der Waals surface area contributed by atoms with Crippen molar-refractivity contribution >= 4 is 22.9 Å². The molecule has 1 unspecified atom stereocenters. The number of amides is 2. The number of ether oxygens (including phenoxy) is 1. The highest BCUT2D eigenvalue weighted by Crippen LogP contribution is 2.24. The number of hydrogen-bond donors (Lipinski definition) is 0. The van der Waals surface area contributed by atoms with Gasteiger partial charge in [0, 0.05) is 37.8 Å². The molecule has 1 aromatic carbocycles. The van der Waals surface area contributed by atoms with Crippen LogP contribution in [0.25, 0.3) is 10.9 Å². The van der Waals surface area contributed by atoms with Gasteiger partial charge in [0.15, 0.2) is 0 Å². The standard InChI is InChI=1S/C23H31N3O3/c1-16-13-19(18-10-6-7-11-20(18)24-16)21(27)26-12-8-9-17(15-26)14-25(5)22(28)29-23(2,3)4/h6-7,10-11,13,17H,8-9,12,14-15H2,1-5H3. The lowest BCUT2D eigenvalue weighted by Crippen LogP contribution is -2.45. The van der Waals surface area contributed by atoms with Crippen LogP contribution in [0.4, 0.5) is 4.79 Å². The predicted octanol–water partition coefficient (Wildman–Crippen LogP) is 4.26.